The maximum absolute atomic E-state index is 10.8. The highest BCUT2D eigenvalue weighted by Crippen LogP contribution is 2.16. The van der Waals surface area contributed by atoms with Crippen LogP contribution in [0.3, 0.4) is 0 Å². The summed E-state index contributed by atoms with van der Waals surface area (Å²) in [7, 11) is 0. The summed E-state index contributed by atoms with van der Waals surface area (Å²) in [5.74, 6) is -2.20. The van der Waals surface area contributed by atoms with E-state index in [0.29, 0.717) is 5.82 Å². The third kappa shape index (κ3) is 1.36. The number of aromatic amines is 1. The maximum Gasteiger partial charge on any atom is 0.358 e. The summed E-state index contributed by atoms with van der Waals surface area (Å²) in [5.41, 5.74) is -0.653. The van der Waals surface area contributed by atoms with Crippen molar-refractivity contribution in [2.24, 2.45) is 0 Å². The number of aromatic nitrogens is 4. The molecule has 0 atom stereocenters. The molecule has 2 aromatic rings. The van der Waals surface area contributed by atoms with Crippen molar-refractivity contribution in [1.29, 1.82) is 0 Å². The first kappa shape index (κ1) is 10.0. The van der Waals surface area contributed by atoms with Gasteiger partial charge in [-0.05, 0) is 6.92 Å². The molecule has 2 aromatic heterocycles. The van der Waals surface area contributed by atoms with Crippen molar-refractivity contribution in [3.05, 3.63) is 17.2 Å². The van der Waals surface area contributed by atoms with Crippen molar-refractivity contribution < 1.29 is 19.8 Å². The summed E-state index contributed by atoms with van der Waals surface area (Å²) in [6.07, 6.45) is 0. The number of aryl methyl sites for hydroxylation is 1. The Morgan fingerprint density at radius 3 is 2.25 bits per heavy atom. The largest absolute Gasteiger partial charge is 0.476 e. The van der Waals surface area contributed by atoms with Gasteiger partial charge in [-0.2, -0.15) is 0 Å². The van der Waals surface area contributed by atoms with Crippen molar-refractivity contribution in [2.75, 3.05) is 0 Å². The average Bonchev–Trinajstić information content (AvgIpc) is 2.56. The molecule has 0 aliphatic rings. The molecule has 0 spiro atoms. The van der Waals surface area contributed by atoms with Crippen molar-refractivity contribution in [1.82, 2.24) is 20.2 Å². The predicted molar refractivity (Wildman–Crippen MR) is 50.3 cm³/mol. The lowest BCUT2D eigenvalue weighted by Gasteiger charge is -1.96. The summed E-state index contributed by atoms with van der Waals surface area (Å²) in [6.45, 7) is 1.58. The number of carboxylic acid groups (broad SMARTS) is 2. The van der Waals surface area contributed by atoms with E-state index < -0.39 is 11.9 Å². The van der Waals surface area contributed by atoms with E-state index in [1.807, 2.05) is 0 Å². The van der Waals surface area contributed by atoms with Gasteiger partial charge >= 0.3 is 11.9 Å². The third-order valence-corrected chi connectivity index (χ3v) is 1.94. The number of hydrogen-bond donors (Lipinski definition) is 3. The van der Waals surface area contributed by atoms with Gasteiger partial charge in [0, 0.05) is 0 Å². The minimum absolute atomic E-state index is 0.00241. The lowest BCUT2D eigenvalue weighted by molar-refractivity contribution is 0.0672. The van der Waals surface area contributed by atoms with Gasteiger partial charge in [-0.15, -0.1) is 10.2 Å². The van der Waals surface area contributed by atoms with E-state index in [-0.39, 0.29) is 22.4 Å². The van der Waals surface area contributed by atoms with Crippen molar-refractivity contribution >= 4 is 23.0 Å². The van der Waals surface area contributed by atoms with Crippen LogP contribution in [0.15, 0.2) is 0 Å². The van der Waals surface area contributed by atoms with Crippen molar-refractivity contribution in [2.45, 2.75) is 6.92 Å². The number of imidazole rings is 1. The van der Waals surface area contributed by atoms with E-state index in [1.54, 1.807) is 6.92 Å². The molecule has 0 aliphatic heterocycles. The number of aromatic carboxylic acids is 2. The molecule has 0 saturated heterocycles. The van der Waals surface area contributed by atoms with Gasteiger partial charge in [-0.25, -0.2) is 14.6 Å². The van der Waals surface area contributed by atoms with Crippen LogP contribution in [0.4, 0.5) is 0 Å². The molecule has 0 saturated carbocycles. The van der Waals surface area contributed by atoms with Crippen molar-refractivity contribution in [3.63, 3.8) is 0 Å². The van der Waals surface area contributed by atoms with E-state index in [1.165, 1.54) is 0 Å². The molecule has 0 bridgehead atoms. The number of fused-ring (bicyclic) bond motifs is 1. The summed E-state index contributed by atoms with van der Waals surface area (Å²) < 4.78 is 0. The number of nitrogens with zero attached hydrogens (tertiary/aromatic N) is 3. The van der Waals surface area contributed by atoms with Crippen LogP contribution in [-0.4, -0.2) is 42.3 Å². The lowest BCUT2D eigenvalue weighted by Crippen LogP contribution is -2.09. The fourth-order valence-corrected chi connectivity index (χ4v) is 1.33. The molecule has 2 rings (SSSR count). The lowest BCUT2D eigenvalue weighted by atomic mass is 10.3. The zero-order valence-corrected chi connectivity index (χ0v) is 8.05. The molecule has 0 fully saturated rings. The third-order valence-electron chi connectivity index (χ3n) is 1.94. The standard InChI is InChI=1S/C8H6N4O4/c1-2-9-3-4(10-2)6(8(15)16)12-11-5(3)7(13)14/h1H3,(H,9,10)(H,13,14)(H,15,16). The van der Waals surface area contributed by atoms with Gasteiger partial charge in [0.25, 0.3) is 0 Å². The molecule has 0 aromatic carbocycles. The molecule has 2 heterocycles. The first-order valence-electron chi connectivity index (χ1n) is 4.20. The highest BCUT2D eigenvalue weighted by atomic mass is 16.4. The first-order valence-corrected chi connectivity index (χ1v) is 4.20. The molecular formula is C8H6N4O4. The Bertz CT molecular complexity index is 552. The second kappa shape index (κ2) is 3.26. The Balaban J connectivity index is 2.86. The molecular weight excluding hydrogens is 216 g/mol. The second-order valence-corrected chi connectivity index (χ2v) is 3.05. The van der Waals surface area contributed by atoms with Crippen LogP contribution in [0.5, 0.6) is 0 Å². The Kier molecular flexibility index (Phi) is 2.04. The van der Waals surface area contributed by atoms with Gasteiger partial charge < -0.3 is 15.2 Å². The second-order valence-electron chi connectivity index (χ2n) is 3.05. The first-order chi connectivity index (χ1) is 7.50. The molecule has 82 valence electrons. The van der Waals surface area contributed by atoms with Crippen LogP contribution in [0.25, 0.3) is 11.0 Å². The number of nitrogens with one attached hydrogen (secondary N) is 1. The van der Waals surface area contributed by atoms with Crippen molar-refractivity contribution in [3.8, 4) is 0 Å². The fourth-order valence-electron chi connectivity index (χ4n) is 1.33. The summed E-state index contributed by atoms with van der Waals surface area (Å²) >= 11 is 0. The van der Waals surface area contributed by atoms with Gasteiger partial charge in [0.2, 0.25) is 0 Å². The van der Waals surface area contributed by atoms with Gasteiger partial charge in [-0.3, -0.25) is 0 Å². The number of rotatable bonds is 2. The van der Waals surface area contributed by atoms with Crippen LogP contribution >= 0.6 is 0 Å². The predicted octanol–water partition coefficient (Wildman–Crippen LogP) is 0.0577. The minimum atomic E-state index is -1.30. The smallest absolute Gasteiger partial charge is 0.358 e. The molecule has 3 N–H and O–H groups in total. The van der Waals surface area contributed by atoms with Crippen LogP contribution in [-0.2, 0) is 0 Å². The molecule has 16 heavy (non-hydrogen) atoms. The Morgan fingerprint density at radius 1 is 1.12 bits per heavy atom. The summed E-state index contributed by atoms with van der Waals surface area (Å²) in [6, 6.07) is 0. The van der Waals surface area contributed by atoms with Gasteiger partial charge in [-0.1, -0.05) is 0 Å². The average molecular weight is 222 g/mol. The molecule has 8 heteroatoms. The van der Waals surface area contributed by atoms with E-state index in [2.05, 4.69) is 20.2 Å². The van der Waals surface area contributed by atoms with Crippen LogP contribution in [0.1, 0.15) is 26.8 Å². The Labute approximate surface area is 88.0 Å². The van der Waals surface area contributed by atoms with Gasteiger partial charge in [0.1, 0.15) is 16.9 Å². The van der Waals surface area contributed by atoms with Crippen LogP contribution in [0.2, 0.25) is 0 Å². The Hall–Kier alpha value is -2.51. The minimum Gasteiger partial charge on any atom is -0.476 e. The van der Waals surface area contributed by atoms with E-state index in [4.69, 9.17) is 10.2 Å². The zero-order chi connectivity index (χ0) is 11.9. The summed E-state index contributed by atoms with van der Waals surface area (Å²) in [5, 5.41) is 24.3. The van der Waals surface area contributed by atoms with Crippen LogP contribution < -0.4 is 0 Å². The number of carbonyl (C=O) groups is 2. The van der Waals surface area contributed by atoms with Crippen LogP contribution in [0, 0.1) is 6.92 Å². The van der Waals surface area contributed by atoms with E-state index in [0.717, 1.165) is 0 Å². The molecule has 0 unspecified atom stereocenters. The van der Waals surface area contributed by atoms with Gasteiger partial charge in [0.15, 0.2) is 11.4 Å². The molecule has 0 aliphatic carbocycles. The fraction of sp³-hybridized carbons (Fsp3) is 0.125. The molecule has 0 radical (unpaired) electrons. The quantitative estimate of drug-likeness (QED) is 0.654. The maximum atomic E-state index is 10.8. The highest BCUT2D eigenvalue weighted by molar-refractivity contribution is 6.05. The SMILES string of the molecule is Cc1nc2c(C(=O)O)nnc(C(=O)O)c2[nH]1. The van der Waals surface area contributed by atoms with E-state index in [9.17, 15) is 9.59 Å². The van der Waals surface area contributed by atoms with Gasteiger partial charge in [0.05, 0.1) is 0 Å². The summed E-state index contributed by atoms with van der Waals surface area (Å²) in [4.78, 5) is 28.1. The Morgan fingerprint density at radius 2 is 1.69 bits per heavy atom. The molecule has 8 nitrogen and oxygen atoms in total. The normalized spacial score (nSPS) is 10.6. The number of carboxylic acids is 2. The molecule has 0 amide bonds. The monoisotopic (exact) mass is 222 g/mol. The number of H-pyrrole nitrogens is 1. The zero-order valence-electron chi connectivity index (χ0n) is 8.05. The number of hydrogen-bond acceptors (Lipinski definition) is 5. The topological polar surface area (TPSA) is 129 Å². The van der Waals surface area contributed by atoms with E-state index >= 15 is 0 Å². The highest BCUT2D eigenvalue weighted by Gasteiger charge is 2.21.